The molecular formula is C18H23N3O. The van der Waals surface area contributed by atoms with E-state index in [2.05, 4.69) is 29.4 Å². The van der Waals surface area contributed by atoms with Crippen molar-refractivity contribution in [3.63, 3.8) is 0 Å². The van der Waals surface area contributed by atoms with Crippen molar-refractivity contribution in [1.82, 2.24) is 15.2 Å². The molecule has 0 fully saturated rings. The van der Waals surface area contributed by atoms with Crippen LogP contribution in [0, 0.1) is 13.8 Å². The monoisotopic (exact) mass is 297 g/mol. The van der Waals surface area contributed by atoms with E-state index in [9.17, 15) is 4.79 Å². The van der Waals surface area contributed by atoms with Crippen LogP contribution in [-0.2, 0) is 0 Å². The molecule has 2 aromatic rings. The second kappa shape index (κ2) is 7.18. The van der Waals surface area contributed by atoms with Gasteiger partial charge in [-0.2, -0.15) is 0 Å². The van der Waals surface area contributed by atoms with Gasteiger partial charge in [0.25, 0.3) is 5.91 Å². The molecule has 0 aliphatic carbocycles. The van der Waals surface area contributed by atoms with Crippen LogP contribution in [0.5, 0.6) is 0 Å². The Balaban J connectivity index is 2.12. The smallest absolute Gasteiger partial charge is 0.253 e. The van der Waals surface area contributed by atoms with Gasteiger partial charge in [0.15, 0.2) is 0 Å². The van der Waals surface area contributed by atoms with E-state index < -0.39 is 0 Å². The molecular weight excluding hydrogens is 274 g/mol. The summed E-state index contributed by atoms with van der Waals surface area (Å²) in [4.78, 5) is 18.8. The number of carbonyl (C=O) groups excluding carboxylic acids is 1. The lowest BCUT2D eigenvalue weighted by Gasteiger charge is -2.12. The lowest BCUT2D eigenvalue weighted by molar-refractivity contribution is 0.0950. The summed E-state index contributed by atoms with van der Waals surface area (Å²) in [6, 6.07) is 12.0. The van der Waals surface area contributed by atoms with Crippen LogP contribution in [0.3, 0.4) is 0 Å². The van der Waals surface area contributed by atoms with Gasteiger partial charge in [-0.1, -0.05) is 29.8 Å². The Morgan fingerprint density at radius 1 is 1.09 bits per heavy atom. The van der Waals surface area contributed by atoms with Crippen molar-refractivity contribution in [1.29, 1.82) is 0 Å². The number of nitrogens with one attached hydrogen (secondary N) is 1. The van der Waals surface area contributed by atoms with E-state index in [0.717, 1.165) is 23.5 Å². The minimum absolute atomic E-state index is 0.0673. The second-order valence-corrected chi connectivity index (χ2v) is 5.75. The molecule has 116 valence electrons. The molecule has 0 atom stereocenters. The highest BCUT2D eigenvalue weighted by Crippen LogP contribution is 2.19. The van der Waals surface area contributed by atoms with Gasteiger partial charge in [0.2, 0.25) is 0 Å². The SMILES string of the molecule is Cc1ccc(-c2ccc(C(=O)NCCN(C)C)c(C)n2)cc1. The van der Waals surface area contributed by atoms with Crippen molar-refractivity contribution in [2.45, 2.75) is 13.8 Å². The average Bonchev–Trinajstić information content (AvgIpc) is 2.47. The molecule has 0 bridgehead atoms. The van der Waals surface area contributed by atoms with Crippen LogP contribution in [0.2, 0.25) is 0 Å². The van der Waals surface area contributed by atoms with E-state index in [1.54, 1.807) is 0 Å². The molecule has 1 heterocycles. The maximum atomic E-state index is 12.2. The first-order valence-electron chi connectivity index (χ1n) is 7.45. The molecule has 4 heteroatoms. The zero-order valence-electron chi connectivity index (χ0n) is 13.7. The van der Waals surface area contributed by atoms with Crippen LogP contribution >= 0.6 is 0 Å². The van der Waals surface area contributed by atoms with Gasteiger partial charge in [0.05, 0.1) is 17.0 Å². The predicted octanol–water partition coefficient (Wildman–Crippen LogP) is 2.66. The zero-order chi connectivity index (χ0) is 16.1. The number of hydrogen-bond acceptors (Lipinski definition) is 3. The summed E-state index contributed by atoms with van der Waals surface area (Å²) in [6.45, 7) is 5.38. The van der Waals surface area contributed by atoms with E-state index >= 15 is 0 Å². The summed E-state index contributed by atoms with van der Waals surface area (Å²) >= 11 is 0. The number of aromatic nitrogens is 1. The molecule has 1 aromatic carbocycles. The van der Waals surface area contributed by atoms with Crippen LogP contribution in [0.1, 0.15) is 21.6 Å². The van der Waals surface area contributed by atoms with Crippen molar-refractivity contribution < 1.29 is 4.79 Å². The molecule has 0 saturated carbocycles. The van der Waals surface area contributed by atoms with E-state index in [0.29, 0.717) is 12.1 Å². The number of pyridine rings is 1. The first-order chi connectivity index (χ1) is 10.5. The Bertz CT molecular complexity index is 648. The number of rotatable bonds is 5. The first-order valence-corrected chi connectivity index (χ1v) is 7.45. The molecule has 0 spiro atoms. The van der Waals surface area contributed by atoms with Crippen LogP contribution in [0.4, 0.5) is 0 Å². The standard InChI is InChI=1S/C18H23N3O/c1-13-5-7-15(8-6-13)17-10-9-16(14(2)20-17)18(22)19-11-12-21(3)4/h5-10H,11-12H2,1-4H3,(H,19,22). The van der Waals surface area contributed by atoms with Crippen LogP contribution in [0.25, 0.3) is 11.3 Å². The van der Waals surface area contributed by atoms with Gasteiger partial charge >= 0.3 is 0 Å². The Morgan fingerprint density at radius 2 is 1.77 bits per heavy atom. The zero-order valence-corrected chi connectivity index (χ0v) is 13.7. The number of likely N-dealkylation sites (N-methyl/N-ethyl adjacent to an activating group) is 1. The first kappa shape index (κ1) is 16.2. The highest BCUT2D eigenvalue weighted by molar-refractivity contribution is 5.95. The maximum Gasteiger partial charge on any atom is 0.253 e. The summed E-state index contributed by atoms with van der Waals surface area (Å²) in [6.07, 6.45) is 0. The Kier molecular flexibility index (Phi) is 5.28. The molecule has 0 radical (unpaired) electrons. The highest BCUT2D eigenvalue weighted by Gasteiger charge is 2.11. The lowest BCUT2D eigenvalue weighted by atomic mass is 10.1. The average molecular weight is 297 g/mol. The number of nitrogens with zero attached hydrogens (tertiary/aromatic N) is 2. The Hall–Kier alpha value is -2.20. The molecule has 0 aliphatic heterocycles. The third-order valence-corrected chi connectivity index (χ3v) is 3.52. The minimum atomic E-state index is -0.0673. The fourth-order valence-electron chi connectivity index (χ4n) is 2.17. The number of aryl methyl sites for hydroxylation is 2. The number of carbonyl (C=O) groups is 1. The molecule has 0 aliphatic rings. The van der Waals surface area contributed by atoms with E-state index in [1.165, 1.54) is 5.56 Å². The molecule has 1 N–H and O–H groups in total. The fourth-order valence-corrected chi connectivity index (χ4v) is 2.17. The maximum absolute atomic E-state index is 12.2. The van der Waals surface area contributed by atoms with Crippen molar-refractivity contribution >= 4 is 5.91 Å². The largest absolute Gasteiger partial charge is 0.351 e. The van der Waals surface area contributed by atoms with Crippen molar-refractivity contribution in [2.75, 3.05) is 27.2 Å². The van der Waals surface area contributed by atoms with Crippen LogP contribution in [0.15, 0.2) is 36.4 Å². The molecule has 0 saturated heterocycles. The van der Waals surface area contributed by atoms with E-state index in [1.807, 2.05) is 50.2 Å². The van der Waals surface area contributed by atoms with Gasteiger partial charge in [-0.25, -0.2) is 0 Å². The van der Waals surface area contributed by atoms with Crippen LogP contribution in [-0.4, -0.2) is 43.0 Å². The Labute approximate surface area is 132 Å². The summed E-state index contributed by atoms with van der Waals surface area (Å²) in [7, 11) is 3.96. The van der Waals surface area contributed by atoms with E-state index in [-0.39, 0.29) is 5.91 Å². The normalized spacial score (nSPS) is 10.8. The molecule has 4 nitrogen and oxygen atoms in total. The number of amides is 1. The number of hydrogen-bond donors (Lipinski definition) is 1. The third kappa shape index (κ3) is 4.15. The predicted molar refractivity (Wildman–Crippen MR) is 90.0 cm³/mol. The van der Waals surface area contributed by atoms with Crippen molar-refractivity contribution in [3.05, 3.63) is 53.2 Å². The quantitative estimate of drug-likeness (QED) is 0.923. The minimum Gasteiger partial charge on any atom is -0.351 e. The highest BCUT2D eigenvalue weighted by atomic mass is 16.1. The van der Waals surface area contributed by atoms with Crippen LogP contribution < -0.4 is 5.32 Å². The lowest BCUT2D eigenvalue weighted by Crippen LogP contribution is -2.31. The van der Waals surface area contributed by atoms with Gasteiger partial charge in [-0.15, -0.1) is 0 Å². The molecule has 0 unspecified atom stereocenters. The molecule has 22 heavy (non-hydrogen) atoms. The summed E-state index contributed by atoms with van der Waals surface area (Å²) in [5, 5.41) is 2.92. The number of benzene rings is 1. The van der Waals surface area contributed by atoms with Gasteiger partial charge in [0, 0.05) is 18.7 Å². The van der Waals surface area contributed by atoms with Crippen molar-refractivity contribution in [3.8, 4) is 11.3 Å². The molecule has 2 rings (SSSR count). The fraction of sp³-hybridized carbons (Fsp3) is 0.333. The van der Waals surface area contributed by atoms with Gasteiger partial charge in [-0.05, 0) is 40.1 Å². The second-order valence-electron chi connectivity index (χ2n) is 5.75. The van der Waals surface area contributed by atoms with Gasteiger partial charge in [-0.3, -0.25) is 9.78 Å². The van der Waals surface area contributed by atoms with Gasteiger partial charge < -0.3 is 10.2 Å². The van der Waals surface area contributed by atoms with Crippen molar-refractivity contribution in [2.24, 2.45) is 0 Å². The van der Waals surface area contributed by atoms with Gasteiger partial charge in [0.1, 0.15) is 0 Å². The Morgan fingerprint density at radius 3 is 2.36 bits per heavy atom. The summed E-state index contributed by atoms with van der Waals surface area (Å²) in [5.41, 5.74) is 4.56. The topological polar surface area (TPSA) is 45.2 Å². The summed E-state index contributed by atoms with van der Waals surface area (Å²) in [5.74, 6) is -0.0673. The molecule has 1 aromatic heterocycles. The van der Waals surface area contributed by atoms with E-state index in [4.69, 9.17) is 0 Å². The third-order valence-electron chi connectivity index (χ3n) is 3.52. The summed E-state index contributed by atoms with van der Waals surface area (Å²) < 4.78 is 0. The molecule has 1 amide bonds.